The van der Waals surface area contributed by atoms with E-state index in [9.17, 15) is 8.42 Å². The van der Waals surface area contributed by atoms with Crippen molar-refractivity contribution in [3.8, 4) is 0 Å². The van der Waals surface area contributed by atoms with Crippen molar-refractivity contribution in [1.82, 2.24) is 4.98 Å². The lowest BCUT2D eigenvalue weighted by Gasteiger charge is -2.11. The van der Waals surface area contributed by atoms with Crippen molar-refractivity contribution in [1.29, 1.82) is 0 Å². The van der Waals surface area contributed by atoms with E-state index in [1.165, 1.54) is 6.26 Å². The molecule has 0 spiro atoms. The minimum absolute atomic E-state index is 0.172. The molecule has 0 aliphatic rings. The van der Waals surface area contributed by atoms with E-state index >= 15 is 0 Å². The predicted octanol–water partition coefficient (Wildman–Crippen LogP) is 1.67. The van der Waals surface area contributed by atoms with E-state index in [0.717, 1.165) is 10.2 Å². The van der Waals surface area contributed by atoms with Gasteiger partial charge in [-0.1, -0.05) is 0 Å². The number of halogens is 1. The second-order valence-corrected chi connectivity index (χ2v) is 6.86. The van der Waals surface area contributed by atoms with Crippen molar-refractivity contribution in [2.75, 3.05) is 12.0 Å². The highest BCUT2D eigenvalue weighted by Gasteiger charge is 2.12. The molecule has 0 amide bonds. The Labute approximate surface area is 104 Å². The number of hydrogen-bond donors (Lipinski definition) is 1. The SMILES string of the molecule is CS(=O)(=O)CCCC(N)c1ncccc1Br. The monoisotopic (exact) mass is 306 g/mol. The lowest BCUT2D eigenvalue weighted by atomic mass is 10.1. The fourth-order valence-electron chi connectivity index (χ4n) is 1.37. The van der Waals surface area contributed by atoms with Crippen LogP contribution in [0, 0.1) is 0 Å². The summed E-state index contributed by atoms with van der Waals surface area (Å²) in [6.07, 6.45) is 4.08. The van der Waals surface area contributed by atoms with Crippen LogP contribution in [0.25, 0.3) is 0 Å². The first-order chi connectivity index (χ1) is 7.40. The van der Waals surface area contributed by atoms with Gasteiger partial charge in [-0.05, 0) is 40.9 Å². The standard InChI is InChI=1S/C10H15BrN2O2S/c1-16(14,15)7-3-5-9(12)10-8(11)4-2-6-13-10/h2,4,6,9H,3,5,7,12H2,1H3. The highest BCUT2D eigenvalue weighted by Crippen LogP contribution is 2.22. The van der Waals surface area contributed by atoms with Crippen LogP contribution in [0.2, 0.25) is 0 Å². The molecule has 6 heteroatoms. The largest absolute Gasteiger partial charge is 0.323 e. The fourth-order valence-corrected chi connectivity index (χ4v) is 2.61. The van der Waals surface area contributed by atoms with Gasteiger partial charge in [0.05, 0.1) is 5.69 Å². The van der Waals surface area contributed by atoms with Gasteiger partial charge in [-0.25, -0.2) is 8.42 Å². The molecule has 16 heavy (non-hydrogen) atoms. The molecular formula is C10H15BrN2O2S. The normalized spacial score (nSPS) is 13.7. The number of rotatable bonds is 5. The number of nitrogens with two attached hydrogens (primary N) is 1. The highest BCUT2D eigenvalue weighted by atomic mass is 79.9. The first-order valence-corrected chi connectivity index (χ1v) is 7.79. The highest BCUT2D eigenvalue weighted by molar-refractivity contribution is 9.10. The zero-order valence-corrected chi connectivity index (χ0v) is 11.5. The summed E-state index contributed by atoms with van der Waals surface area (Å²) in [5, 5.41) is 0. The van der Waals surface area contributed by atoms with E-state index in [0.29, 0.717) is 12.8 Å². The molecule has 0 aliphatic carbocycles. The molecule has 1 aromatic heterocycles. The van der Waals surface area contributed by atoms with Crippen LogP contribution >= 0.6 is 15.9 Å². The quantitative estimate of drug-likeness (QED) is 0.898. The van der Waals surface area contributed by atoms with Crippen LogP contribution in [0.4, 0.5) is 0 Å². The Hall–Kier alpha value is -0.460. The van der Waals surface area contributed by atoms with Crippen LogP contribution < -0.4 is 5.73 Å². The first-order valence-electron chi connectivity index (χ1n) is 4.94. The van der Waals surface area contributed by atoms with Gasteiger partial charge >= 0.3 is 0 Å². The minimum atomic E-state index is -2.90. The van der Waals surface area contributed by atoms with Gasteiger partial charge in [0, 0.05) is 28.7 Å². The predicted molar refractivity (Wildman–Crippen MR) is 67.8 cm³/mol. The van der Waals surface area contributed by atoms with E-state index in [2.05, 4.69) is 20.9 Å². The molecule has 90 valence electrons. The van der Waals surface area contributed by atoms with Crippen molar-refractivity contribution in [3.05, 3.63) is 28.5 Å². The molecule has 0 saturated carbocycles. The van der Waals surface area contributed by atoms with Crippen molar-refractivity contribution >= 4 is 25.8 Å². The maximum Gasteiger partial charge on any atom is 0.147 e. The summed E-state index contributed by atoms with van der Waals surface area (Å²) in [6, 6.07) is 3.47. The number of hydrogen-bond acceptors (Lipinski definition) is 4. The molecule has 0 fully saturated rings. The van der Waals surface area contributed by atoms with Crippen LogP contribution in [0.3, 0.4) is 0 Å². The van der Waals surface area contributed by atoms with Gasteiger partial charge in [0.15, 0.2) is 0 Å². The van der Waals surface area contributed by atoms with Gasteiger partial charge < -0.3 is 5.73 Å². The molecule has 1 heterocycles. The summed E-state index contributed by atoms with van der Waals surface area (Å²) in [5.74, 6) is 0.172. The van der Waals surface area contributed by atoms with Crippen LogP contribution in [0.1, 0.15) is 24.6 Å². The van der Waals surface area contributed by atoms with Gasteiger partial charge in [-0.3, -0.25) is 4.98 Å². The zero-order valence-electron chi connectivity index (χ0n) is 9.06. The average molecular weight is 307 g/mol. The number of nitrogens with zero attached hydrogens (tertiary/aromatic N) is 1. The summed E-state index contributed by atoms with van der Waals surface area (Å²) >= 11 is 3.37. The van der Waals surface area contributed by atoms with Crippen molar-refractivity contribution in [2.24, 2.45) is 5.73 Å². The fraction of sp³-hybridized carbons (Fsp3) is 0.500. The second kappa shape index (κ2) is 5.75. The van der Waals surface area contributed by atoms with Crippen LogP contribution in [0.15, 0.2) is 22.8 Å². The van der Waals surface area contributed by atoms with E-state index in [-0.39, 0.29) is 11.8 Å². The zero-order chi connectivity index (χ0) is 12.2. The van der Waals surface area contributed by atoms with E-state index in [1.54, 1.807) is 6.20 Å². The van der Waals surface area contributed by atoms with Crippen molar-refractivity contribution < 1.29 is 8.42 Å². The first kappa shape index (κ1) is 13.6. The summed E-state index contributed by atoms with van der Waals surface area (Å²) in [7, 11) is -2.90. The number of sulfone groups is 1. The molecule has 0 radical (unpaired) electrons. The smallest absolute Gasteiger partial charge is 0.147 e. The Bertz CT molecular complexity index is 448. The molecule has 0 aromatic carbocycles. The molecule has 1 unspecified atom stereocenters. The van der Waals surface area contributed by atoms with Gasteiger partial charge in [0.2, 0.25) is 0 Å². The number of aromatic nitrogens is 1. The molecule has 0 aliphatic heterocycles. The van der Waals surface area contributed by atoms with Gasteiger partial charge in [0.25, 0.3) is 0 Å². The average Bonchev–Trinajstić information content (AvgIpc) is 2.16. The molecule has 0 bridgehead atoms. The third-order valence-electron chi connectivity index (χ3n) is 2.17. The Kier molecular flexibility index (Phi) is 4.89. The van der Waals surface area contributed by atoms with E-state index < -0.39 is 9.84 Å². The molecule has 1 aromatic rings. The van der Waals surface area contributed by atoms with E-state index in [1.807, 2.05) is 12.1 Å². The van der Waals surface area contributed by atoms with Crippen molar-refractivity contribution in [3.63, 3.8) is 0 Å². The maximum atomic E-state index is 11.0. The molecule has 0 saturated heterocycles. The van der Waals surface area contributed by atoms with Crippen LogP contribution in [0.5, 0.6) is 0 Å². The maximum absolute atomic E-state index is 11.0. The third-order valence-corrected chi connectivity index (χ3v) is 3.87. The lowest BCUT2D eigenvalue weighted by Crippen LogP contribution is -2.14. The molecule has 2 N–H and O–H groups in total. The molecule has 1 atom stereocenters. The van der Waals surface area contributed by atoms with Gasteiger partial charge in [-0.15, -0.1) is 0 Å². The topological polar surface area (TPSA) is 73.0 Å². The Balaban J connectivity index is 2.54. The second-order valence-electron chi connectivity index (χ2n) is 3.75. The summed E-state index contributed by atoms with van der Waals surface area (Å²) in [4.78, 5) is 4.17. The van der Waals surface area contributed by atoms with E-state index in [4.69, 9.17) is 5.73 Å². The number of pyridine rings is 1. The van der Waals surface area contributed by atoms with Gasteiger partial charge in [0.1, 0.15) is 9.84 Å². The molecule has 1 rings (SSSR count). The minimum Gasteiger partial charge on any atom is -0.323 e. The summed E-state index contributed by atoms with van der Waals surface area (Å²) < 4.78 is 22.8. The van der Waals surface area contributed by atoms with Gasteiger partial charge in [-0.2, -0.15) is 0 Å². The van der Waals surface area contributed by atoms with Crippen molar-refractivity contribution in [2.45, 2.75) is 18.9 Å². The summed E-state index contributed by atoms with van der Waals surface area (Å²) in [6.45, 7) is 0. The summed E-state index contributed by atoms with van der Waals surface area (Å²) in [5.41, 5.74) is 6.71. The Morgan fingerprint density at radius 2 is 2.25 bits per heavy atom. The molecular weight excluding hydrogens is 292 g/mol. The Morgan fingerprint density at radius 3 is 2.81 bits per heavy atom. The van der Waals surface area contributed by atoms with Crippen LogP contribution in [-0.4, -0.2) is 25.4 Å². The Morgan fingerprint density at radius 1 is 1.56 bits per heavy atom. The third kappa shape index (κ3) is 4.59. The lowest BCUT2D eigenvalue weighted by molar-refractivity contribution is 0.583. The van der Waals surface area contributed by atoms with Crippen LogP contribution in [-0.2, 0) is 9.84 Å². The molecule has 4 nitrogen and oxygen atoms in total.